The van der Waals surface area contributed by atoms with E-state index in [4.69, 9.17) is 5.11 Å². The highest BCUT2D eigenvalue weighted by Gasteiger charge is 2.14. The predicted molar refractivity (Wildman–Crippen MR) is 42.3 cm³/mol. The topological polar surface area (TPSA) is 76.0 Å². The van der Waals surface area contributed by atoms with E-state index in [-0.39, 0.29) is 6.61 Å². The fraction of sp³-hybridized carbons (Fsp3) is 0.286. The number of esters is 1. The number of ether oxygens (including phenoxy) is 1. The number of carbonyl (C=O) groups is 1. The Hall–Kier alpha value is -1.65. The van der Waals surface area contributed by atoms with Crippen molar-refractivity contribution in [2.75, 3.05) is 6.61 Å². The van der Waals surface area contributed by atoms with Crippen LogP contribution >= 0.6 is 0 Å². The molecule has 0 atom stereocenters. The summed E-state index contributed by atoms with van der Waals surface area (Å²) in [4.78, 5) is 20.7. The quantitative estimate of drug-likeness (QED) is 0.227. The lowest BCUT2D eigenvalue weighted by molar-refractivity contribution is -0.138. The Labute approximate surface area is 69.3 Å². The Morgan fingerprint density at radius 3 is 2.67 bits per heavy atom. The highest BCUT2D eigenvalue weighted by molar-refractivity contribution is 5.88. The first-order valence-electron chi connectivity index (χ1n) is 3.14. The Morgan fingerprint density at radius 2 is 2.33 bits per heavy atom. The van der Waals surface area contributed by atoms with E-state index >= 15 is 0 Å². The number of carbonyl (C=O) groups excluding carboxylic acids is 1. The average Bonchev–Trinajstić information content (AvgIpc) is 2.01. The lowest BCUT2D eigenvalue weighted by Gasteiger charge is -1.99. The van der Waals surface area contributed by atoms with E-state index in [9.17, 15) is 9.70 Å². The minimum atomic E-state index is -0.954. The van der Waals surface area contributed by atoms with E-state index in [1.54, 1.807) is 0 Å². The summed E-state index contributed by atoms with van der Waals surface area (Å²) >= 11 is 0. The maximum absolute atomic E-state index is 10.8. The summed E-state index contributed by atoms with van der Waals surface area (Å²) in [5.74, 6) is -1.41. The molecule has 0 radical (unpaired) electrons. The van der Waals surface area contributed by atoms with E-state index in [0.717, 1.165) is 0 Å². The number of nitroso groups, excluding NO2 is 1. The second-order valence-electron chi connectivity index (χ2n) is 1.91. The number of rotatable bonds is 4. The first-order valence-corrected chi connectivity index (χ1v) is 3.14. The Balaban J connectivity index is 4.34. The molecular weight excluding hydrogens is 162 g/mol. The average molecular weight is 171 g/mol. The van der Waals surface area contributed by atoms with Gasteiger partial charge in [0.25, 0.3) is 0 Å². The molecule has 0 spiro atoms. The molecule has 0 aromatic rings. The van der Waals surface area contributed by atoms with Crippen molar-refractivity contribution in [2.45, 2.75) is 6.92 Å². The number of allylic oxidation sites excluding steroid dienone is 1. The molecule has 12 heavy (non-hydrogen) atoms. The third-order valence-corrected chi connectivity index (χ3v) is 0.960. The molecule has 0 heterocycles. The van der Waals surface area contributed by atoms with Crippen LogP contribution in [-0.4, -0.2) is 17.7 Å². The fourth-order valence-electron chi connectivity index (χ4n) is 0.454. The molecule has 5 heteroatoms. The molecule has 0 bridgehead atoms. The van der Waals surface area contributed by atoms with Crippen LogP contribution in [0.5, 0.6) is 0 Å². The molecule has 0 fully saturated rings. The summed E-state index contributed by atoms with van der Waals surface area (Å²) < 4.78 is 4.44. The second-order valence-corrected chi connectivity index (χ2v) is 1.91. The number of aliphatic hydroxyl groups is 1. The molecule has 0 aromatic carbocycles. The van der Waals surface area contributed by atoms with Crippen LogP contribution in [0, 0.1) is 4.91 Å². The van der Waals surface area contributed by atoms with Crippen molar-refractivity contribution in [1.82, 2.24) is 0 Å². The van der Waals surface area contributed by atoms with Crippen LogP contribution in [-0.2, 0) is 9.53 Å². The van der Waals surface area contributed by atoms with Gasteiger partial charge in [-0.1, -0.05) is 12.7 Å². The number of hydrogen-bond acceptors (Lipinski definition) is 5. The standard InChI is InChI=1S/C7H9NO4/c1-3-4-12-7(10)6(8-11)5(2)9/h3,9H,1,4H2,2H3/b6-5-. The first kappa shape index (κ1) is 10.3. The van der Waals surface area contributed by atoms with Crippen molar-refractivity contribution >= 4 is 5.97 Å². The zero-order chi connectivity index (χ0) is 9.56. The third kappa shape index (κ3) is 2.96. The second kappa shape index (κ2) is 5.06. The van der Waals surface area contributed by atoms with Crippen molar-refractivity contribution in [2.24, 2.45) is 5.18 Å². The van der Waals surface area contributed by atoms with Crippen LogP contribution < -0.4 is 0 Å². The largest absolute Gasteiger partial charge is 0.510 e. The molecule has 0 rings (SSSR count). The van der Waals surface area contributed by atoms with Crippen molar-refractivity contribution in [3.63, 3.8) is 0 Å². The van der Waals surface area contributed by atoms with Gasteiger partial charge in [-0.05, 0) is 12.1 Å². The lowest BCUT2D eigenvalue weighted by atomic mass is 10.4. The van der Waals surface area contributed by atoms with Crippen LogP contribution in [0.25, 0.3) is 0 Å². The maximum atomic E-state index is 10.8. The fourth-order valence-corrected chi connectivity index (χ4v) is 0.454. The van der Waals surface area contributed by atoms with Gasteiger partial charge in [-0.2, -0.15) is 0 Å². The van der Waals surface area contributed by atoms with Gasteiger partial charge in [-0.15, -0.1) is 4.91 Å². The molecule has 0 saturated carbocycles. The van der Waals surface area contributed by atoms with Gasteiger partial charge in [0, 0.05) is 0 Å². The molecule has 0 saturated heterocycles. The van der Waals surface area contributed by atoms with Gasteiger partial charge in [0.1, 0.15) is 12.4 Å². The van der Waals surface area contributed by atoms with Crippen LogP contribution in [0.1, 0.15) is 6.92 Å². The van der Waals surface area contributed by atoms with Gasteiger partial charge in [-0.3, -0.25) is 0 Å². The molecule has 66 valence electrons. The Kier molecular flexibility index (Phi) is 4.36. The van der Waals surface area contributed by atoms with E-state index < -0.39 is 17.4 Å². The minimum Gasteiger partial charge on any atom is -0.510 e. The summed E-state index contributed by atoms with van der Waals surface area (Å²) in [6.07, 6.45) is 1.34. The molecule has 0 aliphatic heterocycles. The number of nitrogens with zero attached hydrogens (tertiary/aromatic N) is 1. The van der Waals surface area contributed by atoms with Gasteiger partial charge in [0.2, 0.25) is 5.70 Å². The highest BCUT2D eigenvalue weighted by Crippen LogP contribution is 2.04. The Morgan fingerprint density at radius 1 is 1.75 bits per heavy atom. The van der Waals surface area contributed by atoms with Gasteiger partial charge >= 0.3 is 5.97 Å². The molecule has 1 N–H and O–H groups in total. The lowest BCUT2D eigenvalue weighted by Crippen LogP contribution is -2.07. The number of aliphatic hydroxyl groups excluding tert-OH is 1. The molecule has 0 aliphatic rings. The van der Waals surface area contributed by atoms with Crippen molar-refractivity contribution in [1.29, 1.82) is 0 Å². The SMILES string of the molecule is C=CCOC(=O)/C(N=O)=C(\C)O. The monoisotopic (exact) mass is 171 g/mol. The third-order valence-electron chi connectivity index (χ3n) is 0.960. The first-order chi connectivity index (χ1) is 5.63. The van der Waals surface area contributed by atoms with Gasteiger partial charge in [-0.25, -0.2) is 4.79 Å². The van der Waals surface area contributed by atoms with Crippen LogP contribution in [0.3, 0.4) is 0 Å². The summed E-state index contributed by atoms with van der Waals surface area (Å²) in [6.45, 7) is 4.45. The summed E-state index contributed by atoms with van der Waals surface area (Å²) in [7, 11) is 0. The minimum absolute atomic E-state index is 0.0227. The van der Waals surface area contributed by atoms with Crippen molar-refractivity contribution in [3.8, 4) is 0 Å². The maximum Gasteiger partial charge on any atom is 0.364 e. The highest BCUT2D eigenvalue weighted by atomic mass is 16.5. The summed E-state index contributed by atoms with van der Waals surface area (Å²) in [5, 5.41) is 11.1. The molecule has 0 amide bonds. The molecule has 5 nitrogen and oxygen atoms in total. The van der Waals surface area contributed by atoms with Crippen molar-refractivity contribution in [3.05, 3.63) is 29.0 Å². The van der Waals surface area contributed by atoms with Crippen LogP contribution in [0.15, 0.2) is 29.3 Å². The summed E-state index contributed by atoms with van der Waals surface area (Å²) in [5.41, 5.74) is -0.614. The predicted octanol–water partition coefficient (Wildman–Crippen LogP) is 1.27. The number of hydrogen-bond donors (Lipinski definition) is 1. The van der Waals surface area contributed by atoms with Crippen LogP contribution in [0.2, 0.25) is 0 Å². The normalized spacial score (nSPS) is 11.4. The van der Waals surface area contributed by atoms with Crippen molar-refractivity contribution < 1.29 is 14.6 Å². The molecule has 0 aromatic heterocycles. The molecule has 0 aliphatic carbocycles. The van der Waals surface area contributed by atoms with Gasteiger partial charge in [0.05, 0.1) is 0 Å². The molecular formula is C7H9NO4. The summed E-state index contributed by atoms with van der Waals surface area (Å²) in [6, 6.07) is 0. The van der Waals surface area contributed by atoms with Crippen LogP contribution in [0.4, 0.5) is 0 Å². The van der Waals surface area contributed by atoms with E-state index in [1.807, 2.05) is 0 Å². The Bertz CT molecular complexity index is 228. The van der Waals surface area contributed by atoms with E-state index in [2.05, 4.69) is 16.5 Å². The van der Waals surface area contributed by atoms with Gasteiger partial charge < -0.3 is 9.84 Å². The zero-order valence-corrected chi connectivity index (χ0v) is 6.61. The van der Waals surface area contributed by atoms with E-state index in [1.165, 1.54) is 13.0 Å². The van der Waals surface area contributed by atoms with E-state index in [0.29, 0.717) is 0 Å². The smallest absolute Gasteiger partial charge is 0.364 e. The molecule has 0 unspecified atom stereocenters. The zero-order valence-electron chi connectivity index (χ0n) is 6.61. The van der Waals surface area contributed by atoms with Gasteiger partial charge in [0.15, 0.2) is 0 Å².